The van der Waals surface area contributed by atoms with Gasteiger partial charge in [-0.05, 0) is 12.8 Å². The van der Waals surface area contributed by atoms with Crippen LogP contribution >= 0.6 is 0 Å². The van der Waals surface area contributed by atoms with Crippen LogP contribution in [0, 0.1) is 29.1 Å². The summed E-state index contributed by atoms with van der Waals surface area (Å²) in [6, 6.07) is -0.718. The number of halogens is 5. The van der Waals surface area contributed by atoms with E-state index in [-0.39, 0.29) is 13.2 Å². The maximum Gasteiger partial charge on any atom is 0.249 e. The van der Waals surface area contributed by atoms with E-state index in [1.165, 1.54) is 7.11 Å². The van der Waals surface area contributed by atoms with E-state index in [9.17, 15) is 30.4 Å². The van der Waals surface area contributed by atoms with Crippen LogP contribution in [0.3, 0.4) is 0 Å². The predicted molar refractivity (Wildman–Crippen MR) is 65.0 cm³/mol. The maximum absolute atomic E-state index is 13.7. The van der Waals surface area contributed by atoms with Crippen LogP contribution in [0.4, 0.5) is 22.0 Å². The molecule has 1 heterocycles. The molecule has 0 radical (unpaired) electrons. The quantitative estimate of drug-likeness (QED) is 0.477. The van der Waals surface area contributed by atoms with Crippen LogP contribution in [-0.2, 0) is 14.8 Å². The molecule has 0 aliphatic carbocycles. The number of ether oxygens (including phenoxy) is 1. The minimum absolute atomic E-state index is 0.0470. The van der Waals surface area contributed by atoms with Crippen molar-refractivity contribution in [3.63, 3.8) is 0 Å². The van der Waals surface area contributed by atoms with Gasteiger partial charge in [-0.25, -0.2) is 30.4 Å². The molecule has 1 aromatic rings. The van der Waals surface area contributed by atoms with Gasteiger partial charge >= 0.3 is 0 Å². The number of hydrogen-bond acceptors (Lipinski definition) is 3. The topological polar surface area (TPSA) is 46.6 Å². The van der Waals surface area contributed by atoms with Crippen LogP contribution in [0.5, 0.6) is 0 Å². The fourth-order valence-corrected chi connectivity index (χ4v) is 4.21. The van der Waals surface area contributed by atoms with E-state index in [1.807, 2.05) is 0 Å². The van der Waals surface area contributed by atoms with Crippen molar-refractivity contribution < 1.29 is 35.1 Å². The number of rotatable bonds is 4. The minimum atomic E-state index is -4.88. The van der Waals surface area contributed by atoms with Gasteiger partial charge < -0.3 is 4.74 Å². The van der Waals surface area contributed by atoms with Crippen LogP contribution in [0.2, 0.25) is 0 Å². The zero-order chi connectivity index (χ0) is 16.7. The van der Waals surface area contributed by atoms with Crippen molar-refractivity contribution in [3.05, 3.63) is 29.1 Å². The van der Waals surface area contributed by atoms with Gasteiger partial charge in [0.25, 0.3) is 0 Å². The molecule has 1 unspecified atom stereocenters. The Labute approximate surface area is 123 Å². The highest BCUT2D eigenvalue weighted by Crippen LogP contribution is 2.32. The number of benzene rings is 1. The van der Waals surface area contributed by atoms with Crippen LogP contribution in [-0.4, -0.2) is 39.0 Å². The second-order valence-corrected chi connectivity index (χ2v) is 6.59. The molecule has 1 aromatic carbocycles. The van der Waals surface area contributed by atoms with Gasteiger partial charge in [0.1, 0.15) is 0 Å². The highest BCUT2D eigenvalue weighted by atomic mass is 32.2. The summed E-state index contributed by atoms with van der Waals surface area (Å²) in [5.74, 6) is -11.7. The maximum atomic E-state index is 13.7. The van der Waals surface area contributed by atoms with Gasteiger partial charge in [-0.1, -0.05) is 0 Å². The Kier molecular flexibility index (Phi) is 4.73. The van der Waals surface area contributed by atoms with Crippen molar-refractivity contribution in [2.45, 2.75) is 23.8 Å². The molecule has 1 aliphatic rings. The Hall–Kier alpha value is -1.26. The molecule has 1 atom stereocenters. The monoisotopic (exact) mass is 345 g/mol. The van der Waals surface area contributed by atoms with Crippen molar-refractivity contribution in [1.29, 1.82) is 0 Å². The third-order valence-corrected chi connectivity index (χ3v) is 5.39. The Morgan fingerprint density at radius 1 is 1.05 bits per heavy atom. The lowest BCUT2D eigenvalue weighted by Crippen LogP contribution is -2.39. The lowest BCUT2D eigenvalue weighted by molar-refractivity contribution is 0.148. The average Bonchev–Trinajstić information content (AvgIpc) is 2.92. The van der Waals surface area contributed by atoms with E-state index < -0.39 is 50.0 Å². The van der Waals surface area contributed by atoms with E-state index in [0.29, 0.717) is 17.1 Å². The summed E-state index contributed by atoms with van der Waals surface area (Å²) in [6.45, 7) is -0.134. The molecule has 0 saturated carbocycles. The largest absolute Gasteiger partial charge is 0.383 e. The summed E-state index contributed by atoms with van der Waals surface area (Å²) in [4.78, 5) is -1.83. The zero-order valence-corrected chi connectivity index (χ0v) is 12.2. The van der Waals surface area contributed by atoms with Gasteiger partial charge in [0.15, 0.2) is 28.2 Å². The van der Waals surface area contributed by atoms with Crippen LogP contribution in [0.25, 0.3) is 0 Å². The van der Waals surface area contributed by atoms with Crippen LogP contribution < -0.4 is 0 Å². The molecule has 1 fully saturated rings. The molecule has 1 aliphatic heterocycles. The number of hydrogen-bond donors (Lipinski definition) is 0. The molecule has 4 nitrogen and oxygen atoms in total. The van der Waals surface area contributed by atoms with Gasteiger partial charge in [-0.15, -0.1) is 0 Å². The molecule has 0 bridgehead atoms. The van der Waals surface area contributed by atoms with Gasteiger partial charge in [-0.3, -0.25) is 0 Å². The first kappa shape index (κ1) is 17.1. The van der Waals surface area contributed by atoms with Crippen molar-refractivity contribution in [3.8, 4) is 0 Å². The second kappa shape index (κ2) is 6.09. The summed E-state index contributed by atoms with van der Waals surface area (Å²) in [5, 5.41) is 0. The molecule has 0 spiro atoms. The molecule has 10 heteroatoms. The van der Waals surface area contributed by atoms with E-state index in [1.54, 1.807) is 0 Å². The van der Waals surface area contributed by atoms with E-state index in [4.69, 9.17) is 4.74 Å². The predicted octanol–water partition coefficient (Wildman–Crippen LogP) is 2.18. The van der Waals surface area contributed by atoms with Crippen LogP contribution in [0.15, 0.2) is 4.90 Å². The molecular weight excluding hydrogens is 333 g/mol. The van der Waals surface area contributed by atoms with Gasteiger partial charge in [0, 0.05) is 19.7 Å². The Morgan fingerprint density at radius 3 is 2.05 bits per heavy atom. The molecular formula is C12H12F5NO3S. The molecule has 124 valence electrons. The number of nitrogens with zero attached hydrogens (tertiary/aromatic N) is 1. The summed E-state index contributed by atoms with van der Waals surface area (Å²) in [7, 11) is -3.57. The summed E-state index contributed by atoms with van der Waals surface area (Å²) < 4.78 is 96.9. The lowest BCUT2D eigenvalue weighted by Gasteiger charge is -2.24. The van der Waals surface area contributed by atoms with Crippen molar-refractivity contribution in [2.75, 3.05) is 20.3 Å². The van der Waals surface area contributed by atoms with Gasteiger partial charge in [0.2, 0.25) is 15.8 Å². The average molecular weight is 345 g/mol. The molecule has 22 heavy (non-hydrogen) atoms. The molecule has 0 amide bonds. The van der Waals surface area contributed by atoms with E-state index in [0.717, 1.165) is 0 Å². The smallest absolute Gasteiger partial charge is 0.249 e. The van der Waals surface area contributed by atoms with Gasteiger partial charge in [-0.2, -0.15) is 4.31 Å². The Morgan fingerprint density at radius 2 is 1.55 bits per heavy atom. The second-order valence-electron chi connectivity index (χ2n) is 4.77. The highest BCUT2D eigenvalue weighted by Gasteiger charge is 2.41. The third-order valence-electron chi connectivity index (χ3n) is 3.42. The fourth-order valence-electron chi connectivity index (χ4n) is 2.41. The lowest BCUT2D eigenvalue weighted by atomic mass is 10.2. The molecule has 0 aromatic heterocycles. The normalized spacial score (nSPS) is 19.8. The number of sulfonamides is 1. The molecule has 2 rings (SSSR count). The van der Waals surface area contributed by atoms with Crippen molar-refractivity contribution in [1.82, 2.24) is 4.31 Å². The summed E-state index contributed by atoms with van der Waals surface area (Å²) in [6.07, 6.45) is 0.755. The summed E-state index contributed by atoms with van der Waals surface area (Å²) >= 11 is 0. The number of methoxy groups -OCH3 is 1. The Bertz CT molecular complexity index is 665. The van der Waals surface area contributed by atoms with Crippen molar-refractivity contribution in [2.24, 2.45) is 0 Å². The van der Waals surface area contributed by atoms with E-state index in [2.05, 4.69) is 0 Å². The first-order chi connectivity index (χ1) is 10.2. The highest BCUT2D eigenvalue weighted by molar-refractivity contribution is 7.89. The summed E-state index contributed by atoms with van der Waals surface area (Å²) in [5.41, 5.74) is 0. The van der Waals surface area contributed by atoms with E-state index >= 15 is 0 Å². The van der Waals surface area contributed by atoms with Crippen molar-refractivity contribution >= 4 is 10.0 Å². The van der Waals surface area contributed by atoms with Crippen LogP contribution in [0.1, 0.15) is 12.8 Å². The third kappa shape index (κ3) is 2.59. The SMILES string of the molecule is COCC1CCCN1S(=O)(=O)c1c(F)c(F)c(F)c(F)c1F. The Balaban J connectivity index is 2.60. The first-order valence-corrected chi connectivity index (χ1v) is 7.69. The molecule has 0 N–H and O–H groups in total. The first-order valence-electron chi connectivity index (χ1n) is 6.25. The minimum Gasteiger partial charge on any atom is -0.383 e. The standard InChI is InChI=1S/C12H12F5NO3S/c1-21-5-6-3-2-4-18(6)22(19,20)12-10(16)8(14)7(13)9(15)11(12)17/h6H,2-5H2,1H3. The van der Waals surface area contributed by atoms with Gasteiger partial charge in [0.05, 0.1) is 6.61 Å². The molecule has 1 saturated heterocycles. The fraction of sp³-hybridized carbons (Fsp3) is 0.500. The zero-order valence-electron chi connectivity index (χ0n) is 11.4.